The minimum Gasteiger partial charge on any atom is -0.489 e. The fourth-order valence-corrected chi connectivity index (χ4v) is 3.37. The van der Waals surface area contributed by atoms with Gasteiger partial charge in [0.15, 0.2) is 0 Å². The summed E-state index contributed by atoms with van der Waals surface area (Å²) in [6, 6.07) is 30.2. The van der Waals surface area contributed by atoms with Crippen molar-refractivity contribution in [1.29, 1.82) is 0 Å². The molecule has 0 aliphatic rings. The second-order valence-electron chi connectivity index (χ2n) is 7.95. The normalized spacial score (nSPS) is 10.8. The van der Waals surface area contributed by atoms with Crippen LogP contribution in [0.4, 0.5) is 0 Å². The lowest BCUT2D eigenvalue weighted by molar-refractivity contribution is 0.0950. The van der Waals surface area contributed by atoms with E-state index in [1.54, 1.807) is 36.5 Å². The molecule has 176 valence electrons. The minimum absolute atomic E-state index is 0.322. The quantitative estimate of drug-likeness (QED) is 0.216. The van der Waals surface area contributed by atoms with Crippen LogP contribution in [0, 0.1) is 6.92 Å². The van der Waals surface area contributed by atoms with Gasteiger partial charge in [0.2, 0.25) is 0 Å². The molecule has 4 aromatic carbocycles. The number of rotatable bonds is 9. The monoisotopic (exact) mass is 484 g/mol. The molecule has 1 amide bonds. The molecule has 0 spiro atoms. The Morgan fingerprint density at radius 3 is 2.17 bits per heavy atom. The number of hydrazone groups is 1. The highest BCUT2D eigenvalue weighted by molar-refractivity contribution is 6.30. The summed E-state index contributed by atoms with van der Waals surface area (Å²) in [6.07, 6.45) is 1.58. The number of hydrogen-bond acceptors (Lipinski definition) is 4. The average molecular weight is 485 g/mol. The molecule has 4 rings (SSSR count). The van der Waals surface area contributed by atoms with E-state index in [1.807, 2.05) is 42.5 Å². The number of ether oxygens (including phenoxy) is 2. The Bertz CT molecular complexity index is 1290. The van der Waals surface area contributed by atoms with E-state index in [1.165, 1.54) is 5.56 Å². The van der Waals surface area contributed by atoms with Crippen LogP contribution in [-0.2, 0) is 13.2 Å². The van der Waals surface area contributed by atoms with Gasteiger partial charge < -0.3 is 9.47 Å². The van der Waals surface area contributed by atoms with Gasteiger partial charge in [-0.3, -0.25) is 4.79 Å². The van der Waals surface area contributed by atoms with Crippen LogP contribution >= 0.6 is 11.6 Å². The SMILES string of the molecule is Cc1ccc(COc2ccc(/C=N\NC(=O)c3ccccc3OCc3ccc(Cl)cc3)cc2)cc1. The Morgan fingerprint density at radius 1 is 0.829 bits per heavy atom. The summed E-state index contributed by atoms with van der Waals surface area (Å²) < 4.78 is 11.7. The van der Waals surface area contributed by atoms with Crippen LogP contribution in [0.5, 0.6) is 11.5 Å². The van der Waals surface area contributed by atoms with Crippen molar-refractivity contribution in [2.24, 2.45) is 5.10 Å². The van der Waals surface area contributed by atoms with Gasteiger partial charge in [0.05, 0.1) is 11.8 Å². The van der Waals surface area contributed by atoms with Gasteiger partial charge >= 0.3 is 0 Å². The van der Waals surface area contributed by atoms with Crippen LogP contribution in [0.25, 0.3) is 0 Å². The van der Waals surface area contributed by atoms with Crippen LogP contribution < -0.4 is 14.9 Å². The van der Waals surface area contributed by atoms with E-state index in [4.69, 9.17) is 21.1 Å². The molecule has 0 aromatic heterocycles. The van der Waals surface area contributed by atoms with Crippen molar-refractivity contribution in [3.8, 4) is 11.5 Å². The minimum atomic E-state index is -0.356. The number of nitrogens with zero attached hydrogens (tertiary/aromatic N) is 1. The first-order valence-corrected chi connectivity index (χ1v) is 11.5. The van der Waals surface area contributed by atoms with Crippen LogP contribution in [0.15, 0.2) is 102 Å². The van der Waals surface area contributed by atoms with E-state index in [9.17, 15) is 4.79 Å². The first-order valence-electron chi connectivity index (χ1n) is 11.1. The molecule has 0 bridgehead atoms. The van der Waals surface area contributed by atoms with Crippen molar-refractivity contribution in [3.63, 3.8) is 0 Å². The van der Waals surface area contributed by atoms with Crippen LogP contribution in [0.1, 0.15) is 32.6 Å². The third kappa shape index (κ3) is 7.19. The van der Waals surface area contributed by atoms with Gasteiger partial charge in [0.25, 0.3) is 5.91 Å². The highest BCUT2D eigenvalue weighted by Crippen LogP contribution is 2.20. The number of nitrogens with one attached hydrogen (secondary N) is 1. The Labute approximate surface area is 210 Å². The molecule has 0 saturated heterocycles. The molecule has 0 aliphatic carbocycles. The fourth-order valence-electron chi connectivity index (χ4n) is 3.25. The van der Waals surface area contributed by atoms with Gasteiger partial charge in [-0.15, -0.1) is 0 Å². The Hall–Kier alpha value is -4.09. The van der Waals surface area contributed by atoms with E-state index in [0.29, 0.717) is 29.5 Å². The van der Waals surface area contributed by atoms with Crippen molar-refractivity contribution in [2.45, 2.75) is 20.1 Å². The summed E-state index contributed by atoms with van der Waals surface area (Å²) in [4.78, 5) is 12.7. The van der Waals surface area contributed by atoms with E-state index in [2.05, 4.69) is 41.7 Å². The van der Waals surface area contributed by atoms with Gasteiger partial charge in [0, 0.05) is 5.02 Å². The molecule has 0 fully saturated rings. The second kappa shape index (κ2) is 11.9. The van der Waals surface area contributed by atoms with Crippen molar-refractivity contribution >= 4 is 23.7 Å². The summed E-state index contributed by atoms with van der Waals surface area (Å²) in [5.41, 5.74) is 7.08. The highest BCUT2D eigenvalue weighted by atomic mass is 35.5. The number of aryl methyl sites for hydroxylation is 1. The zero-order chi connectivity index (χ0) is 24.5. The average Bonchev–Trinajstić information content (AvgIpc) is 2.89. The maximum absolute atomic E-state index is 12.7. The maximum atomic E-state index is 12.7. The summed E-state index contributed by atoms with van der Waals surface area (Å²) >= 11 is 5.92. The highest BCUT2D eigenvalue weighted by Gasteiger charge is 2.11. The summed E-state index contributed by atoms with van der Waals surface area (Å²) in [5.74, 6) is 0.884. The van der Waals surface area contributed by atoms with E-state index in [0.717, 1.165) is 22.4 Å². The molecular formula is C29H25ClN2O3. The van der Waals surface area contributed by atoms with Crippen molar-refractivity contribution in [2.75, 3.05) is 0 Å². The zero-order valence-electron chi connectivity index (χ0n) is 19.3. The predicted molar refractivity (Wildman–Crippen MR) is 139 cm³/mol. The number of carbonyl (C=O) groups is 1. The van der Waals surface area contributed by atoms with E-state index < -0.39 is 0 Å². The summed E-state index contributed by atoms with van der Waals surface area (Å²) in [6.45, 7) is 2.88. The van der Waals surface area contributed by atoms with Crippen molar-refractivity contribution < 1.29 is 14.3 Å². The number of hydrogen-bond donors (Lipinski definition) is 1. The lowest BCUT2D eigenvalue weighted by Gasteiger charge is -2.10. The molecule has 0 heterocycles. The molecule has 0 radical (unpaired) electrons. The Kier molecular flexibility index (Phi) is 8.15. The van der Waals surface area contributed by atoms with Gasteiger partial charge in [-0.1, -0.05) is 65.7 Å². The van der Waals surface area contributed by atoms with Gasteiger partial charge in [-0.2, -0.15) is 5.10 Å². The molecule has 35 heavy (non-hydrogen) atoms. The number of halogens is 1. The number of amides is 1. The molecule has 0 atom stereocenters. The summed E-state index contributed by atoms with van der Waals surface area (Å²) in [5, 5.41) is 4.75. The summed E-state index contributed by atoms with van der Waals surface area (Å²) in [7, 11) is 0. The smallest absolute Gasteiger partial charge is 0.275 e. The first kappa shape index (κ1) is 24.0. The Morgan fingerprint density at radius 2 is 1.46 bits per heavy atom. The molecule has 0 saturated carbocycles. The molecule has 4 aromatic rings. The molecule has 5 nitrogen and oxygen atoms in total. The predicted octanol–water partition coefficient (Wildman–Crippen LogP) is 6.57. The third-order valence-electron chi connectivity index (χ3n) is 5.23. The maximum Gasteiger partial charge on any atom is 0.275 e. The second-order valence-corrected chi connectivity index (χ2v) is 8.39. The van der Waals surface area contributed by atoms with Crippen molar-refractivity contribution in [3.05, 3.63) is 130 Å². The molecule has 1 N–H and O–H groups in total. The number of para-hydroxylation sites is 1. The van der Waals surface area contributed by atoms with Gasteiger partial charge in [0.1, 0.15) is 24.7 Å². The zero-order valence-corrected chi connectivity index (χ0v) is 20.0. The number of benzene rings is 4. The van der Waals surface area contributed by atoms with E-state index >= 15 is 0 Å². The fraction of sp³-hybridized carbons (Fsp3) is 0.103. The lowest BCUT2D eigenvalue weighted by Crippen LogP contribution is -2.18. The van der Waals surface area contributed by atoms with Gasteiger partial charge in [-0.05, 0) is 72.1 Å². The van der Waals surface area contributed by atoms with Gasteiger partial charge in [-0.25, -0.2) is 5.43 Å². The largest absolute Gasteiger partial charge is 0.489 e. The Balaban J connectivity index is 1.30. The van der Waals surface area contributed by atoms with Crippen molar-refractivity contribution in [1.82, 2.24) is 5.43 Å². The lowest BCUT2D eigenvalue weighted by atomic mass is 10.2. The third-order valence-corrected chi connectivity index (χ3v) is 5.48. The van der Waals surface area contributed by atoms with Crippen LogP contribution in [0.2, 0.25) is 5.02 Å². The molecular weight excluding hydrogens is 460 g/mol. The molecule has 6 heteroatoms. The molecule has 0 aliphatic heterocycles. The topological polar surface area (TPSA) is 59.9 Å². The van der Waals surface area contributed by atoms with Crippen LogP contribution in [0.3, 0.4) is 0 Å². The molecule has 0 unspecified atom stereocenters. The standard InChI is InChI=1S/C29H25ClN2O3/c1-21-6-8-23(9-7-21)19-34-26-16-12-22(13-17-26)18-31-32-29(33)27-4-2-3-5-28(27)35-20-24-10-14-25(30)15-11-24/h2-18H,19-20H2,1H3,(H,32,33)/b31-18-. The van der Waals surface area contributed by atoms with E-state index in [-0.39, 0.29) is 5.91 Å². The first-order chi connectivity index (χ1) is 17.1. The van der Waals surface area contributed by atoms with Crippen LogP contribution in [-0.4, -0.2) is 12.1 Å². The number of carbonyl (C=O) groups excluding carboxylic acids is 1.